The number of aldehydes is 1. The van der Waals surface area contributed by atoms with Gasteiger partial charge >= 0.3 is 0 Å². The number of hydrogen-bond acceptors (Lipinski definition) is 4. The molecule has 6 heteroatoms. The van der Waals surface area contributed by atoms with Crippen molar-refractivity contribution in [3.8, 4) is 6.07 Å². The van der Waals surface area contributed by atoms with Crippen LogP contribution in [0.25, 0.3) is 0 Å². The van der Waals surface area contributed by atoms with E-state index in [4.69, 9.17) is 5.26 Å². The number of anilines is 1. The van der Waals surface area contributed by atoms with Gasteiger partial charge in [0.2, 0.25) is 0 Å². The third-order valence-corrected chi connectivity index (χ3v) is 3.31. The summed E-state index contributed by atoms with van der Waals surface area (Å²) >= 11 is 0. The van der Waals surface area contributed by atoms with Gasteiger partial charge < -0.3 is 9.69 Å². The minimum Gasteiger partial charge on any atom is -0.369 e. The maximum Gasteiger partial charge on any atom is 0.126 e. The van der Waals surface area contributed by atoms with Gasteiger partial charge in [0.15, 0.2) is 0 Å². The molecule has 1 fully saturated rings. The van der Waals surface area contributed by atoms with Crippen LogP contribution in [0.2, 0.25) is 0 Å². The Kier molecular flexibility index (Phi) is 6.43. The van der Waals surface area contributed by atoms with Crippen molar-refractivity contribution in [3.05, 3.63) is 29.6 Å². The lowest BCUT2D eigenvalue weighted by Crippen LogP contribution is -2.46. The van der Waals surface area contributed by atoms with E-state index in [2.05, 4.69) is 9.80 Å². The fourth-order valence-corrected chi connectivity index (χ4v) is 2.29. The summed E-state index contributed by atoms with van der Waals surface area (Å²) < 4.78 is 13.4. The second-order valence-corrected chi connectivity index (χ2v) is 4.59. The summed E-state index contributed by atoms with van der Waals surface area (Å²) in [4.78, 5) is 14.6. The molecule has 1 saturated heterocycles. The van der Waals surface area contributed by atoms with Gasteiger partial charge in [-0.15, -0.1) is 12.4 Å². The highest BCUT2D eigenvalue weighted by molar-refractivity contribution is 5.85. The van der Waals surface area contributed by atoms with E-state index in [1.807, 2.05) is 6.07 Å². The lowest BCUT2D eigenvalue weighted by atomic mass is 10.1. The van der Waals surface area contributed by atoms with Gasteiger partial charge in [0.1, 0.15) is 12.1 Å². The van der Waals surface area contributed by atoms with Crippen molar-refractivity contribution in [2.24, 2.45) is 0 Å². The molecular weight excluding hydrogens is 281 g/mol. The van der Waals surface area contributed by atoms with Crippen molar-refractivity contribution in [2.75, 3.05) is 37.6 Å². The van der Waals surface area contributed by atoms with Gasteiger partial charge in [0.05, 0.1) is 11.6 Å². The predicted octanol–water partition coefficient (Wildman–Crippen LogP) is 1.83. The second kappa shape index (κ2) is 7.83. The van der Waals surface area contributed by atoms with E-state index in [1.54, 1.807) is 6.07 Å². The molecule has 1 aliphatic rings. The summed E-state index contributed by atoms with van der Waals surface area (Å²) in [6.07, 6.45) is 1.48. The van der Waals surface area contributed by atoms with Crippen molar-refractivity contribution < 1.29 is 9.18 Å². The minimum absolute atomic E-state index is 0. The molecule has 108 valence electrons. The SMILES string of the molecule is Cl.N#Cc1cc(F)cc(N2CCN(CCC=O)CC2)c1. The molecule has 1 aliphatic heterocycles. The fourth-order valence-electron chi connectivity index (χ4n) is 2.29. The zero-order valence-corrected chi connectivity index (χ0v) is 11.9. The van der Waals surface area contributed by atoms with Gasteiger partial charge in [-0.25, -0.2) is 4.39 Å². The van der Waals surface area contributed by atoms with E-state index >= 15 is 0 Å². The molecule has 0 aliphatic carbocycles. The van der Waals surface area contributed by atoms with Crippen molar-refractivity contribution in [1.29, 1.82) is 5.26 Å². The molecule has 4 nitrogen and oxygen atoms in total. The van der Waals surface area contributed by atoms with E-state index in [1.165, 1.54) is 12.1 Å². The standard InChI is InChI=1S/C14H16FN3O.ClH/c15-13-8-12(11-16)9-14(10-13)18-5-3-17(4-6-18)2-1-7-19;/h7-10H,1-6H2;1H. The van der Waals surface area contributed by atoms with Gasteiger partial charge in [-0.05, 0) is 18.2 Å². The van der Waals surface area contributed by atoms with Crippen LogP contribution in [0.4, 0.5) is 10.1 Å². The molecule has 0 amide bonds. The van der Waals surface area contributed by atoms with Crippen molar-refractivity contribution in [2.45, 2.75) is 6.42 Å². The lowest BCUT2D eigenvalue weighted by Gasteiger charge is -2.35. The van der Waals surface area contributed by atoms with Crippen LogP contribution < -0.4 is 4.90 Å². The number of carbonyl (C=O) groups excluding carboxylic acids is 1. The number of halogens is 2. The average Bonchev–Trinajstić information content (AvgIpc) is 2.45. The van der Waals surface area contributed by atoms with Crippen LogP contribution in [-0.2, 0) is 4.79 Å². The molecule has 0 spiro atoms. The quantitative estimate of drug-likeness (QED) is 0.796. The third-order valence-electron chi connectivity index (χ3n) is 3.31. The Labute approximate surface area is 124 Å². The molecule has 1 aromatic carbocycles. The van der Waals surface area contributed by atoms with Crippen LogP contribution in [0.5, 0.6) is 0 Å². The molecule has 0 atom stereocenters. The Morgan fingerprint density at radius 1 is 1.25 bits per heavy atom. The number of hydrogen-bond donors (Lipinski definition) is 0. The summed E-state index contributed by atoms with van der Waals surface area (Å²) in [5, 5.41) is 8.85. The van der Waals surface area contributed by atoms with Crippen LogP contribution >= 0.6 is 12.4 Å². The Bertz CT molecular complexity index is 496. The van der Waals surface area contributed by atoms with Crippen LogP contribution in [0, 0.1) is 17.1 Å². The smallest absolute Gasteiger partial charge is 0.126 e. The molecule has 20 heavy (non-hydrogen) atoms. The number of rotatable bonds is 4. The average molecular weight is 298 g/mol. The summed E-state index contributed by atoms with van der Waals surface area (Å²) in [7, 11) is 0. The minimum atomic E-state index is -0.377. The zero-order chi connectivity index (χ0) is 13.7. The summed E-state index contributed by atoms with van der Waals surface area (Å²) in [5.74, 6) is -0.377. The largest absolute Gasteiger partial charge is 0.369 e. The molecular formula is C14H17ClFN3O. The van der Waals surface area contributed by atoms with Crippen LogP contribution in [0.1, 0.15) is 12.0 Å². The molecule has 0 saturated carbocycles. The number of carbonyl (C=O) groups is 1. The van der Waals surface area contributed by atoms with Gasteiger partial charge in [-0.1, -0.05) is 0 Å². The van der Waals surface area contributed by atoms with Gasteiger partial charge in [-0.2, -0.15) is 5.26 Å². The molecule has 0 unspecified atom stereocenters. The number of nitriles is 1. The molecule has 0 N–H and O–H groups in total. The Morgan fingerprint density at radius 2 is 1.95 bits per heavy atom. The number of nitrogens with zero attached hydrogens (tertiary/aromatic N) is 3. The Balaban J connectivity index is 0.00000200. The maximum atomic E-state index is 13.4. The highest BCUT2D eigenvalue weighted by atomic mass is 35.5. The summed E-state index contributed by atoms with van der Waals surface area (Å²) in [6.45, 7) is 4.06. The Morgan fingerprint density at radius 3 is 2.55 bits per heavy atom. The van der Waals surface area contributed by atoms with Gasteiger partial charge in [0.25, 0.3) is 0 Å². The monoisotopic (exact) mass is 297 g/mol. The number of piperazine rings is 1. The lowest BCUT2D eigenvalue weighted by molar-refractivity contribution is -0.108. The molecule has 0 bridgehead atoms. The third kappa shape index (κ3) is 4.19. The number of benzene rings is 1. The first-order chi connectivity index (χ1) is 9.22. The molecule has 2 rings (SSSR count). The first kappa shape index (κ1) is 16.4. The van der Waals surface area contributed by atoms with Crippen LogP contribution in [-0.4, -0.2) is 43.9 Å². The highest BCUT2D eigenvalue weighted by Crippen LogP contribution is 2.20. The topological polar surface area (TPSA) is 47.3 Å². The van der Waals surface area contributed by atoms with Crippen molar-refractivity contribution in [3.63, 3.8) is 0 Å². The van der Waals surface area contributed by atoms with Gasteiger partial charge in [-0.3, -0.25) is 4.90 Å². The normalized spacial score (nSPS) is 15.3. The van der Waals surface area contributed by atoms with Crippen LogP contribution in [0.3, 0.4) is 0 Å². The van der Waals surface area contributed by atoms with E-state index in [-0.39, 0.29) is 18.2 Å². The van der Waals surface area contributed by atoms with Crippen molar-refractivity contribution >= 4 is 24.4 Å². The van der Waals surface area contributed by atoms with E-state index in [0.29, 0.717) is 12.0 Å². The maximum absolute atomic E-state index is 13.4. The summed E-state index contributed by atoms with van der Waals surface area (Å²) in [5.41, 5.74) is 1.10. The zero-order valence-electron chi connectivity index (χ0n) is 11.1. The van der Waals surface area contributed by atoms with Crippen LogP contribution in [0.15, 0.2) is 18.2 Å². The first-order valence-electron chi connectivity index (χ1n) is 6.34. The first-order valence-corrected chi connectivity index (χ1v) is 6.34. The molecule has 0 radical (unpaired) electrons. The predicted molar refractivity (Wildman–Crippen MR) is 77.7 cm³/mol. The van der Waals surface area contributed by atoms with Gasteiger partial charge in [0, 0.05) is 44.8 Å². The summed E-state index contributed by atoms with van der Waals surface area (Å²) in [6, 6.07) is 6.38. The van der Waals surface area contributed by atoms with Crippen molar-refractivity contribution in [1.82, 2.24) is 4.90 Å². The fraction of sp³-hybridized carbons (Fsp3) is 0.429. The highest BCUT2D eigenvalue weighted by Gasteiger charge is 2.17. The van der Waals surface area contributed by atoms with E-state index in [0.717, 1.165) is 44.7 Å². The van der Waals surface area contributed by atoms with E-state index in [9.17, 15) is 9.18 Å². The Hall–Kier alpha value is -1.64. The molecule has 1 heterocycles. The molecule has 1 aromatic rings. The van der Waals surface area contributed by atoms with E-state index < -0.39 is 0 Å². The molecule has 0 aromatic heterocycles. The second-order valence-electron chi connectivity index (χ2n) is 4.59.